The van der Waals surface area contributed by atoms with Crippen LogP contribution in [0.15, 0.2) is 51.8 Å². The van der Waals surface area contributed by atoms with Crippen molar-refractivity contribution in [2.45, 2.75) is 29.8 Å². The third-order valence-corrected chi connectivity index (χ3v) is 6.95. The highest BCUT2D eigenvalue weighted by Gasteiger charge is 2.34. The summed E-state index contributed by atoms with van der Waals surface area (Å²) in [5.41, 5.74) is -0.532. The van der Waals surface area contributed by atoms with Gasteiger partial charge in [0.25, 0.3) is 0 Å². The van der Waals surface area contributed by atoms with Crippen LogP contribution in [0.4, 0.5) is 22.0 Å². The largest absolute Gasteiger partial charge is 0.420 e. The molecular formula is C20H16F5N3O3S. The van der Waals surface area contributed by atoms with E-state index in [0.29, 0.717) is 18.9 Å². The van der Waals surface area contributed by atoms with Crippen molar-refractivity contribution in [1.82, 2.24) is 14.5 Å². The number of benzene rings is 2. The van der Waals surface area contributed by atoms with Crippen molar-refractivity contribution in [3.05, 3.63) is 65.6 Å². The van der Waals surface area contributed by atoms with Gasteiger partial charge in [-0.1, -0.05) is 0 Å². The lowest BCUT2D eigenvalue weighted by molar-refractivity contribution is -0.137. The number of piperidine rings is 1. The lowest BCUT2D eigenvalue weighted by Crippen LogP contribution is -2.39. The molecular weight excluding hydrogens is 457 g/mol. The van der Waals surface area contributed by atoms with Crippen molar-refractivity contribution in [2.75, 3.05) is 13.1 Å². The average Bonchev–Trinajstić information content (AvgIpc) is 3.23. The molecule has 4 rings (SSSR count). The molecule has 3 aromatic rings. The average molecular weight is 473 g/mol. The Bertz CT molecular complexity index is 1210. The molecule has 170 valence electrons. The molecule has 1 unspecified atom stereocenters. The van der Waals surface area contributed by atoms with Gasteiger partial charge in [-0.3, -0.25) is 0 Å². The van der Waals surface area contributed by atoms with Gasteiger partial charge in [-0.25, -0.2) is 17.2 Å². The molecule has 1 aliphatic heterocycles. The van der Waals surface area contributed by atoms with Gasteiger partial charge in [0.05, 0.1) is 16.4 Å². The van der Waals surface area contributed by atoms with Gasteiger partial charge in [-0.2, -0.15) is 17.5 Å². The maximum absolute atomic E-state index is 13.5. The number of nitrogens with zero attached hydrogens (tertiary/aromatic N) is 3. The van der Waals surface area contributed by atoms with Gasteiger partial charge in [0.15, 0.2) is 0 Å². The second kappa shape index (κ2) is 8.24. The van der Waals surface area contributed by atoms with Crippen molar-refractivity contribution in [1.29, 1.82) is 0 Å². The molecule has 6 nitrogen and oxygen atoms in total. The first-order valence-corrected chi connectivity index (χ1v) is 11.0. The fraction of sp³-hybridized carbons (Fsp3) is 0.300. The summed E-state index contributed by atoms with van der Waals surface area (Å²) in [6.45, 7) is 0.103. The van der Waals surface area contributed by atoms with E-state index in [0.717, 1.165) is 28.6 Å². The van der Waals surface area contributed by atoms with Gasteiger partial charge in [-0.15, -0.1) is 10.2 Å². The quantitative estimate of drug-likeness (QED) is 0.518. The number of rotatable bonds is 4. The van der Waals surface area contributed by atoms with Crippen molar-refractivity contribution < 1.29 is 34.8 Å². The summed E-state index contributed by atoms with van der Waals surface area (Å²) in [4.78, 5) is -0.494. The van der Waals surface area contributed by atoms with Gasteiger partial charge in [-0.05, 0) is 49.2 Å². The minimum atomic E-state index is -4.47. The molecule has 2 aromatic carbocycles. The van der Waals surface area contributed by atoms with Gasteiger partial charge in [0.2, 0.25) is 21.8 Å². The zero-order chi connectivity index (χ0) is 23.1. The van der Waals surface area contributed by atoms with Crippen LogP contribution in [0.2, 0.25) is 0 Å². The van der Waals surface area contributed by atoms with E-state index in [-0.39, 0.29) is 30.4 Å². The normalized spacial score (nSPS) is 18.1. The molecule has 1 saturated heterocycles. The maximum atomic E-state index is 13.5. The van der Waals surface area contributed by atoms with E-state index >= 15 is 0 Å². The van der Waals surface area contributed by atoms with E-state index < -0.39 is 44.2 Å². The summed E-state index contributed by atoms with van der Waals surface area (Å²) >= 11 is 0. The molecule has 1 fully saturated rings. The monoisotopic (exact) mass is 473 g/mol. The SMILES string of the molecule is O=S(=O)(c1cc(F)cc(F)c1)N1CCCC(c2nnc(-c3ccc(C(F)(F)F)cc3)o2)C1. The number of hydrogen-bond donors (Lipinski definition) is 0. The van der Waals surface area contributed by atoms with Crippen molar-refractivity contribution in [3.8, 4) is 11.5 Å². The van der Waals surface area contributed by atoms with Gasteiger partial charge < -0.3 is 4.42 Å². The second-order valence-electron chi connectivity index (χ2n) is 7.33. The predicted octanol–water partition coefficient (Wildman–Crippen LogP) is 4.60. The lowest BCUT2D eigenvalue weighted by Gasteiger charge is -2.30. The summed E-state index contributed by atoms with van der Waals surface area (Å²) in [5, 5.41) is 7.78. The molecule has 1 atom stereocenters. The summed E-state index contributed by atoms with van der Waals surface area (Å²) in [6, 6.07) is 6.28. The molecule has 0 aliphatic carbocycles. The highest BCUT2D eigenvalue weighted by Crippen LogP contribution is 2.33. The number of sulfonamides is 1. The summed E-state index contributed by atoms with van der Waals surface area (Å²) in [7, 11) is -4.16. The highest BCUT2D eigenvalue weighted by molar-refractivity contribution is 7.89. The maximum Gasteiger partial charge on any atom is 0.416 e. The van der Waals surface area contributed by atoms with Crippen LogP contribution in [0.1, 0.15) is 30.2 Å². The highest BCUT2D eigenvalue weighted by atomic mass is 32.2. The third-order valence-electron chi connectivity index (χ3n) is 5.11. The Labute approximate surface area is 179 Å². The number of alkyl halides is 3. The van der Waals surface area contributed by atoms with Crippen LogP contribution in [-0.4, -0.2) is 36.0 Å². The van der Waals surface area contributed by atoms with Gasteiger partial charge in [0.1, 0.15) is 11.6 Å². The van der Waals surface area contributed by atoms with Gasteiger partial charge >= 0.3 is 6.18 Å². The summed E-state index contributed by atoms with van der Waals surface area (Å²) in [5.74, 6) is -2.36. The zero-order valence-corrected chi connectivity index (χ0v) is 17.1. The van der Waals surface area contributed by atoms with E-state index in [9.17, 15) is 30.4 Å². The minimum absolute atomic E-state index is 0.000839. The van der Waals surface area contributed by atoms with E-state index in [1.807, 2.05) is 0 Å². The molecule has 0 saturated carbocycles. The van der Waals surface area contributed by atoms with Crippen LogP contribution in [0, 0.1) is 11.6 Å². The Balaban J connectivity index is 1.54. The molecule has 1 aliphatic rings. The van der Waals surface area contributed by atoms with Crippen LogP contribution >= 0.6 is 0 Å². The number of aromatic nitrogens is 2. The fourth-order valence-electron chi connectivity index (χ4n) is 3.51. The zero-order valence-electron chi connectivity index (χ0n) is 16.3. The molecule has 0 bridgehead atoms. The van der Waals surface area contributed by atoms with E-state index in [2.05, 4.69) is 10.2 Å². The van der Waals surface area contributed by atoms with Crippen LogP contribution < -0.4 is 0 Å². The summed E-state index contributed by atoms with van der Waals surface area (Å²) < 4.78 is 97.5. The molecule has 0 N–H and O–H groups in total. The molecule has 0 radical (unpaired) electrons. The molecule has 2 heterocycles. The van der Waals surface area contributed by atoms with Gasteiger partial charge in [0, 0.05) is 24.7 Å². The van der Waals surface area contributed by atoms with E-state index in [1.165, 1.54) is 12.1 Å². The van der Waals surface area contributed by atoms with Crippen molar-refractivity contribution in [2.24, 2.45) is 0 Å². The molecule has 12 heteroatoms. The van der Waals surface area contributed by atoms with Crippen LogP contribution in [0.5, 0.6) is 0 Å². The number of halogens is 5. The van der Waals surface area contributed by atoms with Crippen molar-refractivity contribution >= 4 is 10.0 Å². The molecule has 1 aromatic heterocycles. The standard InChI is InChI=1S/C20H16F5N3O3S/c21-15-8-16(22)10-17(9-15)32(29,30)28-7-1-2-13(11-28)19-27-26-18(31-19)12-3-5-14(6-4-12)20(23,24)25/h3-6,8-10,13H,1-2,7,11H2. The topological polar surface area (TPSA) is 76.3 Å². The molecule has 0 amide bonds. The Morgan fingerprint density at radius 3 is 2.28 bits per heavy atom. The minimum Gasteiger partial charge on any atom is -0.420 e. The third kappa shape index (κ3) is 4.51. The second-order valence-corrected chi connectivity index (χ2v) is 9.27. The first-order chi connectivity index (χ1) is 15.0. The van der Waals surface area contributed by atoms with Crippen LogP contribution in [0.25, 0.3) is 11.5 Å². The molecule has 0 spiro atoms. The van der Waals surface area contributed by atoms with Crippen LogP contribution in [0.3, 0.4) is 0 Å². The van der Waals surface area contributed by atoms with E-state index in [4.69, 9.17) is 4.42 Å². The van der Waals surface area contributed by atoms with E-state index in [1.54, 1.807) is 0 Å². The fourth-order valence-corrected chi connectivity index (χ4v) is 5.07. The Morgan fingerprint density at radius 2 is 1.66 bits per heavy atom. The van der Waals surface area contributed by atoms with Crippen LogP contribution in [-0.2, 0) is 16.2 Å². The Kier molecular flexibility index (Phi) is 5.76. The Hall–Kier alpha value is -2.86. The predicted molar refractivity (Wildman–Crippen MR) is 102 cm³/mol. The smallest absolute Gasteiger partial charge is 0.416 e. The lowest BCUT2D eigenvalue weighted by atomic mass is 10.00. The first kappa shape index (κ1) is 22.3. The molecule has 32 heavy (non-hydrogen) atoms. The number of hydrogen-bond acceptors (Lipinski definition) is 5. The summed E-state index contributed by atoms with van der Waals surface area (Å²) in [6.07, 6.45) is -3.50. The van der Waals surface area contributed by atoms with Crippen molar-refractivity contribution in [3.63, 3.8) is 0 Å². The Morgan fingerprint density at radius 1 is 1.00 bits per heavy atom. The first-order valence-electron chi connectivity index (χ1n) is 9.51.